The molecule has 2 aromatic carbocycles. The van der Waals surface area contributed by atoms with E-state index in [1.807, 2.05) is 0 Å². The molecule has 26 heavy (non-hydrogen) atoms. The first-order valence-electron chi connectivity index (χ1n) is 7.06. The van der Waals surface area contributed by atoms with Crippen LogP contribution in [-0.4, -0.2) is 5.91 Å². The van der Waals surface area contributed by atoms with Crippen LogP contribution in [0.25, 0.3) is 11.0 Å². The van der Waals surface area contributed by atoms with E-state index in [-0.39, 0.29) is 21.3 Å². The lowest BCUT2D eigenvalue weighted by molar-refractivity contribution is -0.137. The van der Waals surface area contributed by atoms with Crippen molar-refractivity contribution in [2.75, 3.05) is 5.32 Å². The summed E-state index contributed by atoms with van der Waals surface area (Å²) in [5.41, 5.74) is -2.37. The Morgan fingerprint density at radius 1 is 1.08 bits per heavy atom. The van der Waals surface area contributed by atoms with E-state index < -0.39 is 28.8 Å². The van der Waals surface area contributed by atoms with Gasteiger partial charge in [0.25, 0.3) is 5.91 Å². The second-order valence-electron chi connectivity index (χ2n) is 5.29. The summed E-state index contributed by atoms with van der Waals surface area (Å²) in [5.74, 6) is -0.920. The normalized spacial score (nSPS) is 11.6. The first-order valence-corrected chi connectivity index (χ1v) is 7.82. The van der Waals surface area contributed by atoms with Gasteiger partial charge in [-0.2, -0.15) is 13.2 Å². The van der Waals surface area contributed by atoms with Crippen molar-refractivity contribution >= 4 is 45.8 Å². The zero-order valence-electron chi connectivity index (χ0n) is 12.7. The number of nitrogens with one attached hydrogen (secondary N) is 1. The van der Waals surface area contributed by atoms with Crippen molar-refractivity contribution in [1.82, 2.24) is 0 Å². The quantitative estimate of drug-likeness (QED) is 0.587. The number of halogens is 5. The lowest BCUT2D eigenvalue weighted by Crippen LogP contribution is -2.21. The van der Waals surface area contributed by atoms with E-state index in [2.05, 4.69) is 5.32 Å². The monoisotopic (exact) mass is 401 g/mol. The van der Waals surface area contributed by atoms with Gasteiger partial charge in [0, 0.05) is 16.1 Å². The van der Waals surface area contributed by atoms with Crippen LogP contribution in [0.3, 0.4) is 0 Å². The SMILES string of the molecule is O=C(Nc1cccc(C(F)(F)F)c1)c1cc2cc(Cl)cc(Cl)c2oc1=O. The van der Waals surface area contributed by atoms with Gasteiger partial charge in [0.2, 0.25) is 0 Å². The van der Waals surface area contributed by atoms with Gasteiger partial charge in [0.1, 0.15) is 5.56 Å². The summed E-state index contributed by atoms with van der Waals surface area (Å²) >= 11 is 11.8. The molecule has 134 valence electrons. The smallest absolute Gasteiger partial charge is 0.416 e. The molecule has 0 aliphatic heterocycles. The topological polar surface area (TPSA) is 59.3 Å². The highest BCUT2D eigenvalue weighted by Crippen LogP contribution is 2.31. The van der Waals surface area contributed by atoms with Crippen molar-refractivity contribution in [3.63, 3.8) is 0 Å². The Hall–Kier alpha value is -2.51. The van der Waals surface area contributed by atoms with Crippen molar-refractivity contribution in [2.45, 2.75) is 6.18 Å². The predicted molar refractivity (Wildman–Crippen MR) is 91.9 cm³/mol. The third-order valence-corrected chi connectivity index (χ3v) is 3.94. The first-order chi connectivity index (χ1) is 12.1. The lowest BCUT2D eigenvalue weighted by Gasteiger charge is -2.10. The molecule has 0 aliphatic rings. The van der Waals surface area contributed by atoms with E-state index in [0.717, 1.165) is 18.2 Å². The molecule has 1 N–H and O–H groups in total. The summed E-state index contributed by atoms with van der Waals surface area (Å²) in [7, 11) is 0. The summed E-state index contributed by atoms with van der Waals surface area (Å²) in [4.78, 5) is 24.3. The van der Waals surface area contributed by atoms with Gasteiger partial charge in [-0.25, -0.2) is 4.79 Å². The first kappa shape index (κ1) is 18.3. The van der Waals surface area contributed by atoms with E-state index in [9.17, 15) is 22.8 Å². The van der Waals surface area contributed by atoms with E-state index >= 15 is 0 Å². The Bertz CT molecular complexity index is 1080. The molecule has 0 spiro atoms. The molecule has 0 unspecified atom stereocenters. The Labute approximate surface area is 154 Å². The summed E-state index contributed by atoms with van der Waals surface area (Å²) < 4.78 is 43.2. The number of hydrogen-bond donors (Lipinski definition) is 1. The van der Waals surface area contributed by atoms with Crippen molar-refractivity contribution in [1.29, 1.82) is 0 Å². The van der Waals surface area contributed by atoms with E-state index in [1.165, 1.54) is 24.3 Å². The molecular formula is C17H8Cl2F3NO3. The minimum Gasteiger partial charge on any atom is -0.421 e. The summed E-state index contributed by atoms with van der Waals surface area (Å²) in [6.07, 6.45) is -4.56. The number of benzene rings is 2. The van der Waals surface area contributed by atoms with Crippen LogP contribution in [0.15, 0.2) is 51.7 Å². The Morgan fingerprint density at radius 3 is 2.50 bits per heavy atom. The number of carbonyl (C=O) groups is 1. The molecule has 4 nitrogen and oxygen atoms in total. The van der Waals surface area contributed by atoms with Gasteiger partial charge >= 0.3 is 11.8 Å². The van der Waals surface area contributed by atoms with Crippen LogP contribution in [0, 0.1) is 0 Å². The van der Waals surface area contributed by atoms with Gasteiger partial charge < -0.3 is 9.73 Å². The molecule has 1 heterocycles. The van der Waals surface area contributed by atoms with Crippen molar-refractivity contribution in [2.24, 2.45) is 0 Å². The summed E-state index contributed by atoms with van der Waals surface area (Å²) in [5, 5.41) is 2.90. The van der Waals surface area contributed by atoms with Gasteiger partial charge in [-0.05, 0) is 36.4 Å². The van der Waals surface area contributed by atoms with E-state index in [0.29, 0.717) is 5.39 Å². The van der Waals surface area contributed by atoms with Crippen molar-refractivity contribution < 1.29 is 22.4 Å². The fraction of sp³-hybridized carbons (Fsp3) is 0.0588. The molecule has 3 aromatic rings. The fourth-order valence-corrected chi connectivity index (χ4v) is 2.83. The summed E-state index contributed by atoms with van der Waals surface area (Å²) in [6.45, 7) is 0. The molecule has 3 rings (SSSR count). The number of anilines is 1. The number of alkyl halides is 3. The zero-order chi connectivity index (χ0) is 19.1. The van der Waals surface area contributed by atoms with Crippen LogP contribution >= 0.6 is 23.2 Å². The van der Waals surface area contributed by atoms with Crippen molar-refractivity contribution in [3.8, 4) is 0 Å². The second kappa shape index (κ2) is 6.66. The molecule has 0 saturated carbocycles. The standard InChI is InChI=1S/C17H8Cl2F3NO3/c18-10-4-8-5-12(16(25)26-14(8)13(19)7-10)15(24)23-11-3-1-2-9(6-11)17(20,21)22/h1-7H,(H,23,24). The Kier molecular flexibility index (Phi) is 4.68. The molecule has 0 radical (unpaired) electrons. The fourth-order valence-electron chi connectivity index (χ4n) is 2.29. The highest BCUT2D eigenvalue weighted by molar-refractivity contribution is 6.38. The minimum atomic E-state index is -4.56. The molecule has 1 amide bonds. The van der Waals surface area contributed by atoms with Gasteiger partial charge in [0.05, 0.1) is 10.6 Å². The summed E-state index contributed by atoms with van der Waals surface area (Å²) in [6, 6.07) is 8.05. The van der Waals surface area contributed by atoms with Crippen LogP contribution in [0.4, 0.5) is 18.9 Å². The third kappa shape index (κ3) is 3.68. The minimum absolute atomic E-state index is 0.0525. The maximum atomic E-state index is 12.7. The molecule has 0 aliphatic carbocycles. The number of hydrogen-bond acceptors (Lipinski definition) is 3. The van der Waals surface area contributed by atoms with Crippen LogP contribution < -0.4 is 10.9 Å². The largest absolute Gasteiger partial charge is 0.421 e. The average Bonchev–Trinajstić information content (AvgIpc) is 2.54. The van der Waals surface area contributed by atoms with Crippen LogP contribution in [-0.2, 0) is 6.18 Å². The van der Waals surface area contributed by atoms with Gasteiger partial charge in [0.15, 0.2) is 5.58 Å². The van der Waals surface area contributed by atoms with Crippen molar-refractivity contribution in [3.05, 3.63) is 74.1 Å². The highest BCUT2D eigenvalue weighted by atomic mass is 35.5. The molecule has 0 saturated heterocycles. The number of carbonyl (C=O) groups excluding carboxylic acids is 1. The number of rotatable bonds is 2. The zero-order valence-corrected chi connectivity index (χ0v) is 14.2. The van der Waals surface area contributed by atoms with Gasteiger partial charge in [-0.15, -0.1) is 0 Å². The predicted octanol–water partition coefficient (Wildman–Crippen LogP) is 5.37. The third-order valence-electron chi connectivity index (χ3n) is 3.44. The van der Waals surface area contributed by atoms with Crippen LogP contribution in [0.1, 0.15) is 15.9 Å². The van der Waals surface area contributed by atoms with E-state index in [4.69, 9.17) is 27.6 Å². The maximum Gasteiger partial charge on any atom is 0.416 e. The molecular weight excluding hydrogens is 394 g/mol. The Morgan fingerprint density at radius 2 is 1.81 bits per heavy atom. The highest BCUT2D eigenvalue weighted by Gasteiger charge is 2.30. The van der Waals surface area contributed by atoms with Crippen LogP contribution in [0.2, 0.25) is 10.0 Å². The molecule has 0 bridgehead atoms. The number of amides is 1. The van der Waals surface area contributed by atoms with Gasteiger partial charge in [-0.3, -0.25) is 4.79 Å². The lowest BCUT2D eigenvalue weighted by atomic mass is 10.1. The molecule has 1 aromatic heterocycles. The van der Waals surface area contributed by atoms with Gasteiger partial charge in [-0.1, -0.05) is 29.3 Å². The molecule has 0 atom stereocenters. The number of fused-ring (bicyclic) bond motifs is 1. The average molecular weight is 402 g/mol. The van der Waals surface area contributed by atoms with E-state index in [1.54, 1.807) is 0 Å². The second-order valence-corrected chi connectivity index (χ2v) is 6.13. The maximum absolute atomic E-state index is 12.7. The molecule has 9 heteroatoms. The van der Waals surface area contributed by atoms with Crippen LogP contribution in [0.5, 0.6) is 0 Å². The molecule has 0 fully saturated rings. The Balaban J connectivity index is 1.98.